The van der Waals surface area contributed by atoms with Gasteiger partial charge in [0.15, 0.2) is 0 Å². The van der Waals surface area contributed by atoms with Gasteiger partial charge in [0, 0.05) is 0 Å². The van der Waals surface area contributed by atoms with Gasteiger partial charge in [-0.05, 0) is 26.0 Å². The van der Waals surface area contributed by atoms with Crippen molar-refractivity contribution >= 4 is 29.1 Å². The molecular weight excluding hydrogens is 290 g/mol. The summed E-state index contributed by atoms with van der Waals surface area (Å²) >= 11 is 6.16. The van der Waals surface area contributed by atoms with E-state index < -0.39 is 23.0 Å². The van der Waals surface area contributed by atoms with Crippen LogP contribution in [0.1, 0.15) is 13.8 Å². The highest BCUT2D eigenvalue weighted by molar-refractivity contribution is 6.36. The Morgan fingerprint density at radius 1 is 1.05 bits per heavy atom. The normalized spacial score (nSPS) is 40.2. The summed E-state index contributed by atoms with van der Waals surface area (Å²) in [4.78, 5) is 26.9. The predicted molar refractivity (Wildman–Crippen MR) is 78.0 cm³/mol. The monoisotopic (exact) mass is 303 g/mol. The maximum Gasteiger partial charge on any atom is 0.241 e. The molecule has 108 valence electrons. The van der Waals surface area contributed by atoms with Gasteiger partial charge in [0.05, 0.1) is 33.7 Å². The summed E-state index contributed by atoms with van der Waals surface area (Å²) in [5, 5.41) is 0.399. The quantitative estimate of drug-likeness (QED) is 0.592. The summed E-state index contributed by atoms with van der Waals surface area (Å²) in [6.07, 6.45) is 3.80. The Bertz CT molecular complexity index is 679. The molecule has 1 aromatic rings. The second-order valence-corrected chi connectivity index (χ2v) is 6.63. The first-order valence-electron chi connectivity index (χ1n) is 6.90. The van der Waals surface area contributed by atoms with Crippen LogP contribution in [-0.2, 0) is 14.3 Å². The van der Waals surface area contributed by atoms with Crippen molar-refractivity contribution in [2.24, 2.45) is 11.8 Å². The van der Waals surface area contributed by atoms with E-state index in [0.29, 0.717) is 10.7 Å². The number of benzene rings is 1. The van der Waals surface area contributed by atoms with Gasteiger partial charge < -0.3 is 4.74 Å². The zero-order chi connectivity index (χ0) is 15.0. The van der Waals surface area contributed by atoms with Crippen LogP contribution in [0, 0.1) is 11.8 Å². The molecule has 0 unspecified atom stereocenters. The molecule has 0 aliphatic carbocycles. The van der Waals surface area contributed by atoms with E-state index in [1.807, 2.05) is 26.0 Å². The lowest BCUT2D eigenvalue weighted by Crippen LogP contribution is -2.39. The van der Waals surface area contributed by atoms with Crippen molar-refractivity contribution in [2.45, 2.75) is 25.0 Å². The van der Waals surface area contributed by atoms with Crippen LogP contribution in [0.25, 0.3) is 0 Å². The molecular formula is C16H14ClNO3. The molecule has 2 amide bonds. The standard InChI is InChI=1S/C16H14ClNO3/c1-15-7-8-16(2,21-15)12-11(15)13(19)18(14(12)20)10-6-4-3-5-9(10)17/h3-8,11-12H,1-2H3/t11-,12+,15+,16-. The summed E-state index contributed by atoms with van der Waals surface area (Å²) in [6, 6.07) is 6.91. The van der Waals surface area contributed by atoms with Gasteiger partial charge >= 0.3 is 0 Å². The van der Waals surface area contributed by atoms with Crippen LogP contribution in [0.3, 0.4) is 0 Å². The molecule has 21 heavy (non-hydrogen) atoms. The first-order chi connectivity index (χ1) is 9.87. The third-order valence-corrected chi connectivity index (χ3v) is 5.14. The minimum Gasteiger partial charge on any atom is -0.359 e. The molecule has 1 aromatic carbocycles. The SMILES string of the molecule is C[C@]12C=C[C@](C)(O1)[C@H]1C(=O)N(c3ccccc3Cl)C(=O)[C@H]12. The molecule has 3 aliphatic rings. The minimum absolute atomic E-state index is 0.228. The van der Waals surface area contributed by atoms with Crippen LogP contribution in [0.15, 0.2) is 36.4 Å². The first kappa shape index (κ1) is 13.0. The Kier molecular flexibility index (Phi) is 2.33. The van der Waals surface area contributed by atoms with E-state index in [9.17, 15) is 9.59 Å². The average Bonchev–Trinajstić information content (AvgIpc) is 2.97. The number of para-hydroxylation sites is 1. The Hall–Kier alpha value is -1.65. The van der Waals surface area contributed by atoms with E-state index in [1.165, 1.54) is 4.90 Å². The molecule has 4 rings (SSSR count). The van der Waals surface area contributed by atoms with Gasteiger partial charge in [0.2, 0.25) is 11.8 Å². The third kappa shape index (κ3) is 1.44. The van der Waals surface area contributed by atoms with Crippen LogP contribution >= 0.6 is 11.6 Å². The van der Waals surface area contributed by atoms with E-state index in [1.54, 1.807) is 24.3 Å². The number of carbonyl (C=O) groups is 2. The Balaban J connectivity index is 1.85. The number of anilines is 1. The van der Waals surface area contributed by atoms with Gasteiger partial charge in [0.25, 0.3) is 0 Å². The molecule has 5 heteroatoms. The molecule has 3 aliphatic heterocycles. The summed E-state index contributed by atoms with van der Waals surface area (Å²) in [7, 11) is 0. The average molecular weight is 304 g/mol. The molecule has 4 nitrogen and oxygen atoms in total. The minimum atomic E-state index is -0.706. The van der Waals surface area contributed by atoms with Crippen LogP contribution < -0.4 is 4.90 Å². The van der Waals surface area contributed by atoms with Crippen molar-refractivity contribution in [2.75, 3.05) is 4.90 Å². The Morgan fingerprint density at radius 3 is 2.10 bits per heavy atom. The highest BCUT2D eigenvalue weighted by Crippen LogP contribution is 2.57. The van der Waals surface area contributed by atoms with E-state index in [0.717, 1.165) is 0 Å². The molecule has 0 N–H and O–H groups in total. The number of fused-ring (bicyclic) bond motifs is 5. The zero-order valence-corrected chi connectivity index (χ0v) is 12.4. The predicted octanol–water partition coefficient (Wildman–Crippen LogP) is 2.56. The molecule has 0 aromatic heterocycles. The number of imide groups is 1. The topological polar surface area (TPSA) is 46.6 Å². The van der Waals surface area contributed by atoms with Gasteiger partial charge in [-0.15, -0.1) is 0 Å². The van der Waals surface area contributed by atoms with Gasteiger partial charge in [-0.25, -0.2) is 4.90 Å². The summed E-state index contributed by atoms with van der Waals surface area (Å²) in [6.45, 7) is 3.72. The van der Waals surface area contributed by atoms with Crippen molar-refractivity contribution in [1.82, 2.24) is 0 Å². The fourth-order valence-electron chi connectivity index (χ4n) is 3.90. The fourth-order valence-corrected chi connectivity index (χ4v) is 4.12. The third-order valence-electron chi connectivity index (χ3n) is 4.82. The van der Waals surface area contributed by atoms with Crippen LogP contribution in [0.4, 0.5) is 5.69 Å². The maximum absolute atomic E-state index is 12.8. The molecule has 0 radical (unpaired) electrons. The lowest BCUT2D eigenvalue weighted by Gasteiger charge is -2.25. The smallest absolute Gasteiger partial charge is 0.241 e. The van der Waals surface area contributed by atoms with E-state index in [-0.39, 0.29) is 11.8 Å². The number of halogens is 1. The number of nitrogens with zero attached hydrogens (tertiary/aromatic N) is 1. The lowest BCUT2D eigenvalue weighted by atomic mass is 9.73. The number of amides is 2. The van der Waals surface area contributed by atoms with Crippen molar-refractivity contribution in [3.8, 4) is 0 Å². The largest absolute Gasteiger partial charge is 0.359 e. The molecule has 2 saturated heterocycles. The van der Waals surface area contributed by atoms with Crippen LogP contribution in [-0.4, -0.2) is 23.0 Å². The van der Waals surface area contributed by atoms with Gasteiger partial charge in [-0.3, -0.25) is 9.59 Å². The zero-order valence-electron chi connectivity index (χ0n) is 11.7. The molecule has 2 fully saturated rings. The number of hydrogen-bond acceptors (Lipinski definition) is 3. The van der Waals surface area contributed by atoms with E-state index in [2.05, 4.69) is 0 Å². The summed E-state index contributed by atoms with van der Waals surface area (Å²) in [5.41, 5.74) is -0.959. The van der Waals surface area contributed by atoms with Crippen molar-refractivity contribution in [3.63, 3.8) is 0 Å². The molecule has 0 spiro atoms. The van der Waals surface area contributed by atoms with Gasteiger partial charge in [-0.1, -0.05) is 35.9 Å². The van der Waals surface area contributed by atoms with E-state index in [4.69, 9.17) is 16.3 Å². The van der Waals surface area contributed by atoms with Crippen LogP contribution in [0.2, 0.25) is 5.02 Å². The summed E-state index contributed by atoms with van der Waals surface area (Å²) in [5.74, 6) is -1.41. The number of hydrogen-bond donors (Lipinski definition) is 0. The van der Waals surface area contributed by atoms with Crippen molar-refractivity contribution in [3.05, 3.63) is 41.4 Å². The lowest BCUT2D eigenvalue weighted by molar-refractivity contribution is -0.128. The van der Waals surface area contributed by atoms with Gasteiger partial charge in [-0.2, -0.15) is 0 Å². The second kappa shape index (κ2) is 3.76. The first-order valence-corrected chi connectivity index (χ1v) is 7.28. The molecule has 0 saturated carbocycles. The van der Waals surface area contributed by atoms with Crippen molar-refractivity contribution in [1.29, 1.82) is 0 Å². The highest BCUT2D eigenvalue weighted by Gasteiger charge is 2.70. The molecule has 3 heterocycles. The Morgan fingerprint density at radius 2 is 1.57 bits per heavy atom. The van der Waals surface area contributed by atoms with Gasteiger partial charge in [0.1, 0.15) is 0 Å². The molecule has 2 bridgehead atoms. The van der Waals surface area contributed by atoms with E-state index >= 15 is 0 Å². The molecule has 4 atom stereocenters. The second-order valence-electron chi connectivity index (χ2n) is 6.22. The van der Waals surface area contributed by atoms with Crippen molar-refractivity contribution < 1.29 is 14.3 Å². The fraction of sp³-hybridized carbons (Fsp3) is 0.375. The van der Waals surface area contributed by atoms with Crippen LogP contribution in [0.5, 0.6) is 0 Å². The highest BCUT2D eigenvalue weighted by atomic mass is 35.5. The number of rotatable bonds is 1. The maximum atomic E-state index is 12.8. The number of carbonyl (C=O) groups excluding carboxylic acids is 2. The summed E-state index contributed by atoms with van der Waals surface area (Å²) < 4.78 is 5.96. The number of ether oxygens (including phenoxy) is 1. The Labute approximate surface area is 127 Å².